The van der Waals surface area contributed by atoms with Crippen LogP contribution in [0.4, 0.5) is 0 Å². The van der Waals surface area contributed by atoms with E-state index in [1.165, 1.54) is 5.56 Å². The van der Waals surface area contributed by atoms with Gasteiger partial charge in [-0.2, -0.15) is 0 Å². The van der Waals surface area contributed by atoms with Crippen molar-refractivity contribution in [1.82, 2.24) is 16.0 Å². The van der Waals surface area contributed by atoms with Crippen LogP contribution < -0.4 is 16.0 Å². The summed E-state index contributed by atoms with van der Waals surface area (Å²) in [6.45, 7) is 1.43. The third-order valence-corrected chi connectivity index (χ3v) is 2.86. The van der Waals surface area contributed by atoms with Gasteiger partial charge in [0, 0.05) is 13.0 Å². The molecule has 0 aliphatic heterocycles. The Labute approximate surface area is 120 Å². The highest BCUT2D eigenvalue weighted by Gasteiger charge is 2.04. The SMILES string of the molecule is CNCCCC(=O)NCC(=O)NCCc1ccccc1. The highest BCUT2D eigenvalue weighted by Crippen LogP contribution is 1.97. The first-order valence-corrected chi connectivity index (χ1v) is 6.94. The molecular formula is C15H23N3O2. The van der Waals surface area contributed by atoms with Crippen LogP contribution in [0.5, 0.6) is 0 Å². The largest absolute Gasteiger partial charge is 0.354 e. The molecule has 0 bridgehead atoms. The summed E-state index contributed by atoms with van der Waals surface area (Å²) in [4.78, 5) is 22.9. The van der Waals surface area contributed by atoms with Gasteiger partial charge >= 0.3 is 0 Å². The number of benzene rings is 1. The normalized spacial score (nSPS) is 10.1. The molecule has 0 aliphatic carbocycles. The van der Waals surface area contributed by atoms with E-state index in [-0.39, 0.29) is 18.4 Å². The lowest BCUT2D eigenvalue weighted by atomic mass is 10.1. The van der Waals surface area contributed by atoms with Crippen LogP contribution in [0, 0.1) is 0 Å². The van der Waals surface area contributed by atoms with Crippen molar-refractivity contribution in [3.63, 3.8) is 0 Å². The third-order valence-electron chi connectivity index (χ3n) is 2.86. The quantitative estimate of drug-likeness (QED) is 0.574. The van der Waals surface area contributed by atoms with E-state index in [0.717, 1.165) is 19.4 Å². The smallest absolute Gasteiger partial charge is 0.239 e. The fourth-order valence-electron chi connectivity index (χ4n) is 1.75. The molecule has 1 aromatic carbocycles. The number of hydrogen-bond acceptors (Lipinski definition) is 3. The van der Waals surface area contributed by atoms with E-state index in [1.807, 2.05) is 37.4 Å². The lowest BCUT2D eigenvalue weighted by molar-refractivity contribution is -0.126. The van der Waals surface area contributed by atoms with Gasteiger partial charge in [0.1, 0.15) is 0 Å². The molecule has 0 atom stereocenters. The van der Waals surface area contributed by atoms with Crippen LogP contribution in [0.15, 0.2) is 30.3 Å². The lowest BCUT2D eigenvalue weighted by Crippen LogP contribution is -2.37. The molecule has 1 aromatic rings. The molecule has 3 N–H and O–H groups in total. The summed E-state index contributed by atoms with van der Waals surface area (Å²) >= 11 is 0. The second kappa shape index (κ2) is 9.97. The molecule has 0 fully saturated rings. The predicted octanol–water partition coefficient (Wildman–Crippen LogP) is 0.461. The van der Waals surface area contributed by atoms with Gasteiger partial charge in [-0.15, -0.1) is 0 Å². The molecular weight excluding hydrogens is 254 g/mol. The molecule has 0 aliphatic rings. The number of carbonyl (C=O) groups is 2. The van der Waals surface area contributed by atoms with Crippen molar-refractivity contribution in [2.24, 2.45) is 0 Å². The van der Waals surface area contributed by atoms with E-state index in [0.29, 0.717) is 13.0 Å². The second-order valence-corrected chi connectivity index (χ2v) is 4.57. The maximum Gasteiger partial charge on any atom is 0.239 e. The van der Waals surface area contributed by atoms with Crippen molar-refractivity contribution in [2.75, 3.05) is 26.7 Å². The van der Waals surface area contributed by atoms with Crippen molar-refractivity contribution in [3.05, 3.63) is 35.9 Å². The van der Waals surface area contributed by atoms with E-state index in [2.05, 4.69) is 16.0 Å². The van der Waals surface area contributed by atoms with Gasteiger partial charge in [-0.1, -0.05) is 30.3 Å². The Morgan fingerprint density at radius 2 is 1.75 bits per heavy atom. The number of nitrogens with one attached hydrogen (secondary N) is 3. The fourth-order valence-corrected chi connectivity index (χ4v) is 1.75. The number of carbonyl (C=O) groups excluding carboxylic acids is 2. The molecule has 0 saturated carbocycles. The summed E-state index contributed by atoms with van der Waals surface area (Å²) in [7, 11) is 1.85. The molecule has 0 saturated heterocycles. The standard InChI is InChI=1S/C15H23N3O2/c1-16-10-5-8-14(19)18-12-15(20)17-11-9-13-6-3-2-4-7-13/h2-4,6-7,16H,5,8-12H2,1H3,(H,17,20)(H,18,19). The first-order chi connectivity index (χ1) is 9.72. The Balaban J connectivity index is 2.07. The fraction of sp³-hybridized carbons (Fsp3) is 0.467. The van der Waals surface area contributed by atoms with Gasteiger partial charge in [-0.3, -0.25) is 9.59 Å². The minimum Gasteiger partial charge on any atom is -0.354 e. The van der Waals surface area contributed by atoms with Gasteiger partial charge in [-0.05, 0) is 32.0 Å². The zero-order chi connectivity index (χ0) is 14.6. The Kier molecular flexibility index (Phi) is 8.07. The summed E-state index contributed by atoms with van der Waals surface area (Å²) in [6, 6.07) is 9.96. The van der Waals surface area contributed by atoms with E-state index in [9.17, 15) is 9.59 Å². The Morgan fingerprint density at radius 1 is 1.00 bits per heavy atom. The average Bonchev–Trinajstić information content (AvgIpc) is 2.46. The highest BCUT2D eigenvalue weighted by atomic mass is 16.2. The molecule has 0 heterocycles. The molecule has 5 nitrogen and oxygen atoms in total. The predicted molar refractivity (Wildman–Crippen MR) is 79.3 cm³/mol. The summed E-state index contributed by atoms with van der Waals surface area (Å²) in [5, 5.41) is 8.37. The monoisotopic (exact) mass is 277 g/mol. The van der Waals surface area contributed by atoms with Gasteiger partial charge in [0.2, 0.25) is 11.8 Å². The number of hydrogen-bond donors (Lipinski definition) is 3. The van der Waals surface area contributed by atoms with Gasteiger partial charge in [0.25, 0.3) is 0 Å². The Hall–Kier alpha value is -1.88. The molecule has 110 valence electrons. The molecule has 0 unspecified atom stereocenters. The zero-order valence-electron chi connectivity index (χ0n) is 11.9. The van der Waals surface area contributed by atoms with Gasteiger partial charge < -0.3 is 16.0 Å². The van der Waals surface area contributed by atoms with Crippen molar-refractivity contribution >= 4 is 11.8 Å². The van der Waals surface area contributed by atoms with E-state index in [4.69, 9.17) is 0 Å². The summed E-state index contributed by atoms with van der Waals surface area (Å²) in [6.07, 6.45) is 2.01. The average molecular weight is 277 g/mol. The van der Waals surface area contributed by atoms with Crippen LogP contribution >= 0.6 is 0 Å². The van der Waals surface area contributed by atoms with Crippen LogP contribution in [0.3, 0.4) is 0 Å². The molecule has 5 heteroatoms. The van der Waals surface area contributed by atoms with Gasteiger partial charge in [0.15, 0.2) is 0 Å². The van der Waals surface area contributed by atoms with Crippen molar-refractivity contribution in [2.45, 2.75) is 19.3 Å². The molecule has 0 radical (unpaired) electrons. The Morgan fingerprint density at radius 3 is 2.45 bits per heavy atom. The Bertz CT molecular complexity index is 407. The first kappa shape index (κ1) is 16.2. The lowest BCUT2D eigenvalue weighted by Gasteiger charge is -2.07. The molecule has 20 heavy (non-hydrogen) atoms. The van der Waals surface area contributed by atoms with Crippen LogP contribution in [0.25, 0.3) is 0 Å². The molecule has 0 spiro atoms. The zero-order valence-corrected chi connectivity index (χ0v) is 11.9. The van der Waals surface area contributed by atoms with Gasteiger partial charge in [0.05, 0.1) is 6.54 Å². The minimum atomic E-state index is -0.150. The van der Waals surface area contributed by atoms with E-state index >= 15 is 0 Å². The second-order valence-electron chi connectivity index (χ2n) is 4.57. The van der Waals surface area contributed by atoms with Crippen molar-refractivity contribution in [1.29, 1.82) is 0 Å². The summed E-state index contributed by atoms with van der Waals surface area (Å²) in [5.74, 6) is -0.235. The topological polar surface area (TPSA) is 70.2 Å². The van der Waals surface area contributed by atoms with Crippen LogP contribution in [-0.2, 0) is 16.0 Å². The van der Waals surface area contributed by atoms with Crippen LogP contribution in [0.1, 0.15) is 18.4 Å². The molecule has 1 rings (SSSR count). The third kappa shape index (κ3) is 7.53. The minimum absolute atomic E-state index is 0.0488. The van der Waals surface area contributed by atoms with Crippen molar-refractivity contribution in [3.8, 4) is 0 Å². The number of rotatable bonds is 9. The van der Waals surface area contributed by atoms with Crippen molar-refractivity contribution < 1.29 is 9.59 Å². The van der Waals surface area contributed by atoms with E-state index in [1.54, 1.807) is 0 Å². The summed E-state index contributed by atoms with van der Waals surface area (Å²) in [5.41, 5.74) is 1.18. The highest BCUT2D eigenvalue weighted by molar-refractivity contribution is 5.84. The van der Waals surface area contributed by atoms with Crippen LogP contribution in [-0.4, -0.2) is 38.5 Å². The van der Waals surface area contributed by atoms with E-state index < -0.39 is 0 Å². The molecule has 0 aromatic heterocycles. The maximum atomic E-state index is 11.5. The first-order valence-electron chi connectivity index (χ1n) is 6.94. The number of amides is 2. The maximum absolute atomic E-state index is 11.5. The summed E-state index contributed by atoms with van der Waals surface area (Å²) < 4.78 is 0. The van der Waals surface area contributed by atoms with Gasteiger partial charge in [-0.25, -0.2) is 0 Å². The van der Waals surface area contributed by atoms with Crippen LogP contribution in [0.2, 0.25) is 0 Å². The molecule has 2 amide bonds.